The molecule has 0 amide bonds. The van der Waals surface area contributed by atoms with Gasteiger partial charge in [0.25, 0.3) is 0 Å². The first-order chi connectivity index (χ1) is 11.4. The lowest BCUT2D eigenvalue weighted by Crippen LogP contribution is -2.36. The van der Waals surface area contributed by atoms with Gasteiger partial charge in [0, 0.05) is 43.5 Å². The van der Waals surface area contributed by atoms with E-state index in [2.05, 4.69) is 9.97 Å². The molecule has 0 N–H and O–H groups in total. The lowest BCUT2D eigenvalue weighted by molar-refractivity contribution is 0.390. The fraction of sp³-hybridized carbons (Fsp3) is 0.375. The summed E-state index contributed by atoms with van der Waals surface area (Å²) in [5, 5.41) is 0. The Morgan fingerprint density at radius 2 is 2.17 bits per heavy atom. The van der Waals surface area contributed by atoms with Crippen LogP contribution in [-0.2, 0) is 23.0 Å². The van der Waals surface area contributed by atoms with Gasteiger partial charge in [-0.25, -0.2) is 22.8 Å². The van der Waals surface area contributed by atoms with Crippen LogP contribution in [-0.4, -0.2) is 42.0 Å². The normalized spacial score (nSPS) is 15.1. The summed E-state index contributed by atoms with van der Waals surface area (Å²) in [5.74, 6) is 0.183. The number of benzene rings is 1. The molecule has 1 aromatic carbocycles. The van der Waals surface area contributed by atoms with Gasteiger partial charge in [0.05, 0.1) is 11.9 Å². The molecular weight excluding hydrogens is 331 g/mol. The molecule has 0 saturated carbocycles. The summed E-state index contributed by atoms with van der Waals surface area (Å²) in [6, 6.07) is 6.29. The summed E-state index contributed by atoms with van der Waals surface area (Å²) in [7, 11) is -3.22. The first-order valence-corrected chi connectivity index (χ1v) is 9.56. The Morgan fingerprint density at radius 1 is 1.38 bits per heavy atom. The SMILES string of the molecule is CCN(c1cccc(F)c1)c1ncc2c(n1)CCN(S(C)(=O)=O)C2. The third-order valence-corrected chi connectivity index (χ3v) is 5.28. The fourth-order valence-electron chi connectivity index (χ4n) is 2.78. The van der Waals surface area contributed by atoms with Crippen molar-refractivity contribution in [3.05, 3.63) is 47.5 Å². The Kier molecular flexibility index (Phi) is 4.51. The second-order valence-electron chi connectivity index (χ2n) is 5.71. The highest BCUT2D eigenvalue weighted by Gasteiger charge is 2.25. The van der Waals surface area contributed by atoms with E-state index in [1.54, 1.807) is 18.3 Å². The highest BCUT2D eigenvalue weighted by atomic mass is 32.2. The van der Waals surface area contributed by atoms with E-state index < -0.39 is 10.0 Å². The van der Waals surface area contributed by atoms with Crippen molar-refractivity contribution in [1.29, 1.82) is 0 Å². The number of hydrogen-bond acceptors (Lipinski definition) is 5. The van der Waals surface area contributed by atoms with E-state index in [0.29, 0.717) is 37.7 Å². The Morgan fingerprint density at radius 3 is 2.83 bits per heavy atom. The molecule has 1 aliphatic rings. The highest BCUT2D eigenvalue weighted by Crippen LogP contribution is 2.25. The summed E-state index contributed by atoms with van der Waals surface area (Å²) in [5.41, 5.74) is 2.34. The van der Waals surface area contributed by atoms with Gasteiger partial charge in [0.15, 0.2) is 0 Å². The zero-order valence-electron chi connectivity index (χ0n) is 13.6. The smallest absolute Gasteiger partial charge is 0.230 e. The van der Waals surface area contributed by atoms with Gasteiger partial charge in [-0.3, -0.25) is 0 Å². The standard InChI is InChI=1S/C16H19FN4O2S/c1-3-21(14-6-4-5-13(17)9-14)16-18-10-12-11-20(24(2,22)23)8-7-15(12)19-16/h4-6,9-10H,3,7-8,11H2,1-2H3. The van der Waals surface area contributed by atoms with Crippen molar-refractivity contribution >= 4 is 21.7 Å². The minimum atomic E-state index is -3.22. The molecule has 2 aromatic rings. The Balaban J connectivity index is 1.91. The molecule has 0 radical (unpaired) electrons. The van der Waals surface area contributed by atoms with Gasteiger partial charge in [-0.1, -0.05) is 6.07 Å². The number of aromatic nitrogens is 2. The first kappa shape index (κ1) is 16.8. The molecule has 1 aliphatic heterocycles. The minimum Gasteiger partial charge on any atom is -0.311 e. The molecule has 0 atom stereocenters. The van der Waals surface area contributed by atoms with Crippen LogP contribution in [0.4, 0.5) is 16.0 Å². The molecule has 0 aliphatic carbocycles. The molecule has 1 aromatic heterocycles. The topological polar surface area (TPSA) is 66.4 Å². The zero-order chi connectivity index (χ0) is 17.3. The second kappa shape index (κ2) is 6.45. The third-order valence-electron chi connectivity index (χ3n) is 4.03. The largest absolute Gasteiger partial charge is 0.311 e. The van der Waals surface area contributed by atoms with Gasteiger partial charge in [-0.05, 0) is 25.1 Å². The van der Waals surface area contributed by atoms with Crippen molar-refractivity contribution in [1.82, 2.24) is 14.3 Å². The molecule has 24 heavy (non-hydrogen) atoms. The number of hydrogen-bond donors (Lipinski definition) is 0. The average Bonchev–Trinajstić information content (AvgIpc) is 2.54. The molecule has 0 fully saturated rings. The molecule has 0 saturated heterocycles. The van der Waals surface area contributed by atoms with Gasteiger partial charge in [0.1, 0.15) is 5.82 Å². The molecule has 8 heteroatoms. The first-order valence-electron chi connectivity index (χ1n) is 7.71. The van der Waals surface area contributed by atoms with Crippen LogP contribution in [0.15, 0.2) is 30.5 Å². The van der Waals surface area contributed by atoms with Crippen molar-refractivity contribution in [3.63, 3.8) is 0 Å². The summed E-state index contributed by atoms with van der Waals surface area (Å²) in [6.45, 7) is 3.24. The summed E-state index contributed by atoms with van der Waals surface area (Å²) in [4.78, 5) is 10.8. The zero-order valence-corrected chi connectivity index (χ0v) is 14.4. The predicted octanol–water partition coefficient (Wildman–Crippen LogP) is 2.09. The number of rotatable bonds is 4. The molecule has 3 rings (SSSR count). The van der Waals surface area contributed by atoms with E-state index in [1.165, 1.54) is 22.7 Å². The molecular formula is C16H19FN4O2S. The maximum absolute atomic E-state index is 13.5. The molecule has 0 bridgehead atoms. The minimum absolute atomic E-state index is 0.292. The molecule has 128 valence electrons. The average molecular weight is 350 g/mol. The van der Waals surface area contributed by atoms with E-state index in [-0.39, 0.29) is 5.82 Å². The van der Waals surface area contributed by atoms with Crippen LogP contribution in [0.3, 0.4) is 0 Å². The number of sulfonamides is 1. The summed E-state index contributed by atoms with van der Waals surface area (Å²) in [6.07, 6.45) is 3.41. The van der Waals surface area contributed by atoms with E-state index in [1.807, 2.05) is 11.8 Å². The van der Waals surface area contributed by atoms with Gasteiger partial charge in [-0.15, -0.1) is 0 Å². The van der Waals surface area contributed by atoms with Crippen molar-refractivity contribution in [2.24, 2.45) is 0 Å². The fourth-order valence-corrected chi connectivity index (χ4v) is 3.57. The van der Waals surface area contributed by atoms with E-state index in [0.717, 1.165) is 11.3 Å². The van der Waals surface area contributed by atoms with Crippen LogP contribution in [0.25, 0.3) is 0 Å². The molecule has 0 unspecified atom stereocenters. The Bertz CT molecular complexity index is 857. The molecule has 0 spiro atoms. The van der Waals surface area contributed by atoms with E-state index in [9.17, 15) is 12.8 Å². The van der Waals surface area contributed by atoms with Crippen molar-refractivity contribution in [2.75, 3.05) is 24.2 Å². The highest BCUT2D eigenvalue weighted by molar-refractivity contribution is 7.88. The van der Waals surface area contributed by atoms with Gasteiger partial charge < -0.3 is 4.90 Å². The second-order valence-corrected chi connectivity index (χ2v) is 7.70. The number of nitrogens with zero attached hydrogens (tertiary/aromatic N) is 4. The van der Waals surface area contributed by atoms with Gasteiger partial charge in [-0.2, -0.15) is 4.31 Å². The van der Waals surface area contributed by atoms with Crippen LogP contribution >= 0.6 is 0 Å². The number of halogens is 1. The molecule has 6 nitrogen and oxygen atoms in total. The monoisotopic (exact) mass is 350 g/mol. The van der Waals surface area contributed by atoms with Crippen LogP contribution < -0.4 is 4.90 Å². The van der Waals surface area contributed by atoms with Crippen LogP contribution in [0.5, 0.6) is 0 Å². The molecule has 2 heterocycles. The van der Waals surface area contributed by atoms with Crippen LogP contribution in [0.1, 0.15) is 18.2 Å². The number of fused-ring (bicyclic) bond motifs is 1. The third kappa shape index (κ3) is 3.39. The van der Waals surface area contributed by atoms with Gasteiger partial charge in [0.2, 0.25) is 16.0 Å². The Hall–Kier alpha value is -2.06. The predicted molar refractivity (Wildman–Crippen MR) is 90.1 cm³/mol. The maximum atomic E-state index is 13.5. The summed E-state index contributed by atoms with van der Waals surface area (Å²) < 4.78 is 38.2. The number of anilines is 2. The van der Waals surface area contributed by atoms with Crippen molar-refractivity contribution in [2.45, 2.75) is 19.9 Å². The van der Waals surface area contributed by atoms with E-state index in [4.69, 9.17) is 0 Å². The van der Waals surface area contributed by atoms with Crippen molar-refractivity contribution in [3.8, 4) is 0 Å². The van der Waals surface area contributed by atoms with E-state index >= 15 is 0 Å². The lowest BCUT2D eigenvalue weighted by atomic mass is 10.1. The lowest BCUT2D eigenvalue weighted by Gasteiger charge is -2.27. The van der Waals surface area contributed by atoms with Crippen molar-refractivity contribution < 1.29 is 12.8 Å². The quantitative estimate of drug-likeness (QED) is 0.845. The van der Waals surface area contributed by atoms with Gasteiger partial charge >= 0.3 is 0 Å². The maximum Gasteiger partial charge on any atom is 0.230 e. The Labute approximate surface area is 141 Å². The summed E-state index contributed by atoms with van der Waals surface area (Å²) >= 11 is 0. The van der Waals surface area contributed by atoms with Crippen LogP contribution in [0, 0.1) is 5.82 Å². The van der Waals surface area contributed by atoms with Crippen LogP contribution in [0.2, 0.25) is 0 Å².